The van der Waals surface area contributed by atoms with Gasteiger partial charge in [-0.05, 0) is 25.7 Å². The van der Waals surface area contributed by atoms with Gasteiger partial charge in [-0.2, -0.15) is 20.6 Å². The van der Waals surface area contributed by atoms with E-state index in [2.05, 4.69) is 23.6 Å². The van der Waals surface area contributed by atoms with Gasteiger partial charge in [0.25, 0.3) is 0 Å². The van der Waals surface area contributed by atoms with E-state index in [4.69, 9.17) is 9.78 Å². The highest BCUT2D eigenvalue weighted by molar-refractivity contribution is 5.22. The molecule has 0 amide bonds. The van der Waals surface area contributed by atoms with Crippen molar-refractivity contribution in [3.63, 3.8) is 0 Å². The largest absolute Gasteiger partial charge is 0.598 e. The molecule has 1 aliphatic rings. The first kappa shape index (κ1) is 14.8. The predicted octanol–water partition coefficient (Wildman–Crippen LogP) is -0.447. The molecule has 1 rings (SSSR count). The van der Waals surface area contributed by atoms with Crippen molar-refractivity contribution in [2.24, 2.45) is 10.2 Å². The van der Waals surface area contributed by atoms with Crippen LogP contribution >= 0.6 is 0 Å². The second kappa shape index (κ2) is 7.27. The van der Waals surface area contributed by atoms with Crippen LogP contribution in [0.2, 0.25) is 0 Å². The summed E-state index contributed by atoms with van der Waals surface area (Å²) >= 11 is 0. The van der Waals surface area contributed by atoms with Gasteiger partial charge in [-0.25, -0.2) is 0 Å². The maximum absolute atomic E-state index is 10.9. The molecule has 8 nitrogen and oxygen atoms in total. The van der Waals surface area contributed by atoms with E-state index < -0.39 is 5.23 Å². The average Bonchev–Trinajstić information content (AvgIpc) is 2.38. The Morgan fingerprint density at radius 2 is 1.56 bits per heavy atom. The van der Waals surface area contributed by atoms with Crippen LogP contribution in [0.15, 0.2) is 10.2 Å². The van der Waals surface area contributed by atoms with Crippen molar-refractivity contribution in [3.05, 3.63) is 5.21 Å². The Morgan fingerprint density at radius 1 is 1.11 bits per heavy atom. The Labute approximate surface area is 107 Å². The second-order valence-corrected chi connectivity index (χ2v) is 4.12. The molecule has 0 aromatic rings. The van der Waals surface area contributed by atoms with Crippen molar-refractivity contribution < 1.29 is 15.0 Å². The highest BCUT2D eigenvalue weighted by atomic mass is 17.0. The molecule has 0 saturated heterocycles. The van der Waals surface area contributed by atoms with Crippen LogP contribution in [-0.4, -0.2) is 50.0 Å². The molecule has 1 unspecified atom stereocenters. The van der Waals surface area contributed by atoms with Crippen molar-refractivity contribution in [3.8, 4) is 0 Å². The molecule has 0 radical (unpaired) electrons. The van der Waals surface area contributed by atoms with Crippen LogP contribution < -0.4 is 5.23 Å². The Hall–Kier alpha value is -1.22. The van der Waals surface area contributed by atoms with Crippen LogP contribution in [0.1, 0.15) is 25.7 Å². The first-order chi connectivity index (χ1) is 8.62. The minimum atomic E-state index is -0.393. The standard InChI is InChI=1S/C10H21N5O3/c1-11-14(17-4)9-5-7-10(8-6-9)15(12-2)18-13(3)16/h9-10,13H,1-2,5-8H2,3-4H3. The number of hydrogen-bond acceptors (Lipinski definition) is 7. The van der Waals surface area contributed by atoms with E-state index in [0.29, 0.717) is 0 Å². The molecule has 1 aliphatic carbocycles. The zero-order valence-electron chi connectivity index (χ0n) is 10.9. The molecule has 18 heavy (non-hydrogen) atoms. The van der Waals surface area contributed by atoms with Gasteiger partial charge in [-0.15, -0.1) is 5.17 Å². The molecule has 1 saturated carbocycles. The Morgan fingerprint density at radius 3 is 1.89 bits per heavy atom. The van der Waals surface area contributed by atoms with Gasteiger partial charge in [-0.3, -0.25) is 4.84 Å². The summed E-state index contributed by atoms with van der Waals surface area (Å²) < 4.78 is 0. The van der Waals surface area contributed by atoms with E-state index in [1.54, 1.807) is 7.11 Å². The number of hydrazone groups is 2. The minimum Gasteiger partial charge on any atom is -0.598 e. The third-order valence-electron chi connectivity index (χ3n) is 2.98. The topological polar surface area (TPSA) is 77.2 Å². The molecule has 1 atom stereocenters. The first-order valence-electron chi connectivity index (χ1n) is 5.86. The van der Waals surface area contributed by atoms with Crippen LogP contribution in [0.5, 0.6) is 0 Å². The molecule has 0 aromatic heterocycles. The lowest BCUT2D eigenvalue weighted by Crippen LogP contribution is -3.04. The van der Waals surface area contributed by atoms with Gasteiger partial charge in [0.15, 0.2) is 0 Å². The summed E-state index contributed by atoms with van der Waals surface area (Å²) in [5.74, 6) is 0. The highest BCUT2D eigenvalue weighted by Gasteiger charge is 2.30. The van der Waals surface area contributed by atoms with Gasteiger partial charge in [0, 0.05) is 13.4 Å². The summed E-state index contributed by atoms with van der Waals surface area (Å²) in [6, 6.07) is 0.263. The number of hydrogen-bond donors (Lipinski definition) is 1. The summed E-state index contributed by atoms with van der Waals surface area (Å²) in [7, 11) is 2.91. The summed E-state index contributed by atoms with van der Waals surface area (Å²) in [6.45, 7) is 6.87. The van der Waals surface area contributed by atoms with Crippen LogP contribution in [-0.2, 0) is 9.78 Å². The SMILES string of the molecule is C=NN(OC)C1CCC(N(N=C)O[NH+](C)[O-])CC1. The first-order valence-corrected chi connectivity index (χ1v) is 5.86. The van der Waals surface area contributed by atoms with Gasteiger partial charge < -0.3 is 5.21 Å². The van der Waals surface area contributed by atoms with Crippen molar-refractivity contribution in [1.82, 2.24) is 10.3 Å². The van der Waals surface area contributed by atoms with E-state index >= 15 is 0 Å². The summed E-state index contributed by atoms with van der Waals surface area (Å²) in [5, 5.41) is 20.8. The maximum Gasteiger partial charge on any atom is 0.0987 e. The highest BCUT2D eigenvalue weighted by Crippen LogP contribution is 2.26. The van der Waals surface area contributed by atoms with Crippen LogP contribution in [0.4, 0.5) is 0 Å². The minimum absolute atomic E-state index is 0.0613. The Kier molecular flexibility index (Phi) is 5.99. The normalized spacial score (nSPS) is 25.3. The van der Waals surface area contributed by atoms with E-state index in [1.165, 1.54) is 17.4 Å². The van der Waals surface area contributed by atoms with Crippen molar-refractivity contribution in [2.75, 3.05) is 14.2 Å². The van der Waals surface area contributed by atoms with Gasteiger partial charge in [0.2, 0.25) is 0 Å². The zero-order chi connectivity index (χ0) is 13.5. The zero-order valence-corrected chi connectivity index (χ0v) is 10.9. The van der Waals surface area contributed by atoms with Crippen molar-refractivity contribution >= 4 is 13.4 Å². The lowest BCUT2D eigenvalue weighted by Gasteiger charge is -2.36. The smallest absolute Gasteiger partial charge is 0.0987 e. The molecular weight excluding hydrogens is 238 g/mol. The Balaban J connectivity index is 2.46. The molecule has 0 aliphatic heterocycles. The monoisotopic (exact) mass is 259 g/mol. The number of nitrogens with zero attached hydrogens (tertiary/aromatic N) is 4. The van der Waals surface area contributed by atoms with E-state index in [9.17, 15) is 5.21 Å². The van der Waals surface area contributed by atoms with Crippen molar-refractivity contribution in [1.29, 1.82) is 0 Å². The number of nitrogens with one attached hydrogen (secondary N) is 1. The molecule has 0 heterocycles. The third kappa shape index (κ3) is 3.91. The average molecular weight is 259 g/mol. The fourth-order valence-electron chi connectivity index (χ4n) is 2.17. The van der Waals surface area contributed by atoms with Crippen LogP contribution in [0, 0.1) is 5.21 Å². The number of hydroxylamine groups is 4. The fraction of sp³-hybridized carbons (Fsp3) is 0.800. The summed E-state index contributed by atoms with van der Waals surface area (Å²) in [6.07, 6.45) is 3.38. The quantitative estimate of drug-likeness (QED) is 0.495. The molecule has 0 bridgehead atoms. The molecule has 1 N–H and O–H groups in total. The molecule has 8 heteroatoms. The van der Waals surface area contributed by atoms with Crippen LogP contribution in [0.3, 0.4) is 0 Å². The van der Waals surface area contributed by atoms with Crippen LogP contribution in [0.25, 0.3) is 0 Å². The van der Waals surface area contributed by atoms with Gasteiger partial charge >= 0.3 is 0 Å². The van der Waals surface area contributed by atoms with Gasteiger partial charge in [-0.1, -0.05) is 4.94 Å². The lowest BCUT2D eigenvalue weighted by atomic mass is 9.92. The van der Waals surface area contributed by atoms with E-state index in [0.717, 1.165) is 25.7 Å². The Bertz CT molecular complexity index is 268. The summed E-state index contributed by atoms with van der Waals surface area (Å²) in [4.78, 5) is 10.1. The molecule has 104 valence electrons. The number of quaternary nitrogens is 1. The number of rotatable bonds is 7. The molecular formula is C10H21N5O3. The third-order valence-corrected chi connectivity index (χ3v) is 2.98. The van der Waals surface area contributed by atoms with E-state index in [1.807, 2.05) is 0 Å². The predicted molar refractivity (Wildman–Crippen MR) is 67.2 cm³/mol. The second-order valence-electron chi connectivity index (χ2n) is 4.12. The van der Waals surface area contributed by atoms with Crippen molar-refractivity contribution in [2.45, 2.75) is 37.8 Å². The lowest BCUT2D eigenvalue weighted by molar-refractivity contribution is -1.07. The van der Waals surface area contributed by atoms with Gasteiger partial charge in [0.05, 0.1) is 26.2 Å². The fourth-order valence-corrected chi connectivity index (χ4v) is 2.17. The summed E-state index contributed by atoms with van der Waals surface area (Å²) in [5.41, 5.74) is 0. The maximum atomic E-state index is 10.9. The van der Waals surface area contributed by atoms with Gasteiger partial charge in [0.1, 0.15) is 0 Å². The molecule has 0 spiro atoms. The molecule has 0 aromatic carbocycles. The van der Waals surface area contributed by atoms with E-state index in [-0.39, 0.29) is 12.1 Å². The molecule has 1 fully saturated rings.